The van der Waals surface area contributed by atoms with Crippen LogP contribution in [0.5, 0.6) is 5.75 Å². The van der Waals surface area contributed by atoms with E-state index in [1.165, 1.54) is 37.1 Å². The molecule has 1 saturated carbocycles. The van der Waals surface area contributed by atoms with Gasteiger partial charge in [-0.05, 0) is 30.9 Å². The summed E-state index contributed by atoms with van der Waals surface area (Å²) in [6, 6.07) is 7.31. The summed E-state index contributed by atoms with van der Waals surface area (Å²) in [4.78, 5) is 15.3. The Balaban J connectivity index is 1.50. The topological polar surface area (TPSA) is 105 Å². The van der Waals surface area contributed by atoms with Crippen LogP contribution in [0.15, 0.2) is 41.8 Å². The number of nitro groups is 1. The van der Waals surface area contributed by atoms with Crippen LogP contribution in [-0.4, -0.2) is 31.5 Å². The van der Waals surface area contributed by atoms with Crippen LogP contribution in [0.3, 0.4) is 0 Å². The lowest BCUT2D eigenvalue weighted by molar-refractivity contribution is -0.385. The molecule has 2 atom stereocenters. The van der Waals surface area contributed by atoms with Crippen LogP contribution < -0.4 is 4.74 Å². The summed E-state index contributed by atoms with van der Waals surface area (Å²) in [6.45, 7) is 2.73. The van der Waals surface area contributed by atoms with E-state index in [-0.39, 0.29) is 17.4 Å². The molecule has 2 aromatic heterocycles. The number of rotatable bonds is 6. The number of thioether (sulfide) groups is 1. The Bertz CT molecular complexity index is 1150. The number of pyridine rings is 1. The number of non-ortho nitro benzene ring substituents is 1. The summed E-state index contributed by atoms with van der Waals surface area (Å²) < 4.78 is 13.3. The standard InChI is InChI=1S/C23H25N5O4S/c1-15-5-2-3-7-20(15)27-22(16-6-4-8-24-11-16)25-26-23(27)33-13-18-10-19(28(29)30)9-17-12-31-14-32-21(17)18/h4,6,8-11,15,20H,2-3,5,7,12-14H2,1H3/t15-,20-/m0/s1. The number of ether oxygens (including phenoxy) is 2. The molecule has 0 amide bonds. The Kier molecular flexibility index (Phi) is 6.28. The second kappa shape index (κ2) is 9.48. The van der Waals surface area contributed by atoms with E-state index in [4.69, 9.17) is 9.47 Å². The quantitative estimate of drug-likeness (QED) is 0.278. The van der Waals surface area contributed by atoms with Gasteiger partial charge in [0.15, 0.2) is 17.8 Å². The van der Waals surface area contributed by atoms with Gasteiger partial charge in [-0.15, -0.1) is 10.2 Å². The van der Waals surface area contributed by atoms with Crippen LogP contribution in [0.1, 0.15) is 49.8 Å². The van der Waals surface area contributed by atoms with Gasteiger partial charge in [0, 0.05) is 53.0 Å². The van der Waals surface area contributed by atoms with E-state index in [2.05, 4.69) is 26.7 Å². The first-order valence-electron chi connectivity index (χ1n) is 11.1. The highest BCUT2D eigenvalue weighted by Crippen LogP contribution is 2.41. The Hall–Kier alpha value is -2.98. The largest absolute Gasteiger partial charge is 0.467 e. The Morgan fingerprint density at radius 3 is 2.94 bits per heavy atom. The van der Waals surface area contributed by atoms with Gasteiger partial charge >= 0.3 is 0 Å². The van der Waals surface area contributed by atoms with Gasteiger partial charge in [0.2, 0.25) is 0 Å². The molecule has 0 saturated heterocycles. The monoisotopic (exact) mass is 467 g/mol. The highest BCUT2D eigenvalue weighted by molar-refractivity contribution is 7.98. The summed E-state index contributed by atoms with van der Waals surface area (Å²) in [6.07, 6.45) is 8.23. The first kappa shape index (κ1) is 21.8. The second-order valence-corrected chi connectivity index (χ2v) is 9.44. The number of hydrogen-bond donors (Lipinski definition) is 0. The average Bonchev–Trinajstić information content (AvgIpc) is 3.27. The first-order valence-corrected chi connectivity index (χ1v) is 12.1. The third-order valence-corrected chi connectivity index (χ3v) is 7.31. The molecule has 0 bridgehead atoms. The molecule has 3 heterocycles. The van der Waals surface area contributed by atoms with E-state index in [9.17, 15) is 10.1 Å². The minimum Gasteiger partial charge on any atom is -0.467 e. The van der Waals surface area contributed by atoms with Crippen molar-refractivity contribution < 1.29 is 14.4 Å². The average molecular weight is 468 g/mol. The van der Waals surface area contributed by atoms with Crippen LogP contribution in [0.4, 0.5) is 5.69 Å². The van der Waals surface area contributed by atoms with Crippen molar-refractivity contribution in [1.29, 1.82) is 0 Å². The van der Waals surface area contributed by atoms with Crippen molar-refractivity contribution in [3.8, 4) is 17.1 Å². The van der Waals surface area contributed by atoms with Crippen LogP contribution >= 0.6 is 11.8 Å². The molecule has 33 heavy (non-hydrogen) atoms. The van der Waals surface area contributed by atoms with Crippen molar-refractivity contribution in [1.82, 2.24) is 19.7 Å². The van der Waals surface area contributed by atoms with E-state index in [1.54, 1.807) is 12.3 Å². The Labute approximate surface area is 195 Å². The van der Waals surface area contributed by atoms with Gasteiger partial charge in [-0.1, -0.05) is 31.5 Å². The molecule has 0 spiro atoms. The summed E-state index contributed by atoms with van der Waals surface area (Å²) >= 11 is 1.53. The minimum atomic E-state index is -0.379. The predicted molar refractivity (Wildman–Crippen MR) is 123 cm³/mol. The number of fused-ring (bicyclic) bond motifs is 1. The van der Waals surface area contributed by atoms with Gasteiger partial charge in [-0.25, -0.2) is 0 Å². The highest BCUT2D eigenvalue weighted by Gasteiger charge is 2.29. The predicted octanol–water partition coefficient (Wildman–Crippen LogP) is 5.16. The molecule has 0 N–H and O–H groups in total. The molecule has 5 rings (SSSR count). The molecule has 0 radical (unpaired) electrons. The fourth-order valence-electron chi connectivity index (χ4n) is 4.68. The first-order chi connectivity index (χ1) is 16.1. The summed E-state index contributed by atoms with van der Waals surface area (Å²) in [5.41, 5.74) is 2.44. The molecule has 0 unspecified atom stereocenters. The zero-order valence-electron chi connectivity index (χ0n) is 18.3. The summed E-state index contributed by atoms with van der Waals surface area (Å²) in [5, 5.41) is 21.3. The number of benzene rings is 1. The molecular formula is C23H25N5O4S. The van der Waals surface area contributed by atoms with Crippen LogP contribution in [0.25, 0.3) is 11.4 Å². The Morgan fingerprint density at radius 1 is 1.27 bits per heavy atom. The van der Waals surface area contributed by atoms with Gasteiger partial charge in [0.1, 0.15) is 5.75 Å². The van der Waals surface area contributed by atoms with Crippen molar-refractivity contribution in [2.45, 2.75) is 56.2 Å². The molecule has 10 heteroatoms. The van der Waals surface area contributed by atoms with Gasteiger partial charge in [0.05, 0.1) is 11.5 Å². The summed E-state index contributed by atoms with van der Waals surface area (Å²) in [7, 11) is 0. The summed E-state index contributed by atoms with van der Waals surface area (Å²) in [5.74, 6) is 2.48. The lowest BCUT2D eigenvalue weighted by atomic mass is 9.85. The third kappa shape index (κ3) is 4.45. The maximum absolute atomic E-state index is 11.5. The molecule has 1 fully saturated rings. The molecule has 1 aliphatic heterocycles. The molecule has 2 aliphatic rings. The number of aromatic nitrogens is 4. The van der Waals surface area contributed by atoms with Crippen molar-refractivity contribution >= 4 is 17.4 Å². The molecule has 1 aromatic carbocycles. The zero-order chi connectivity index (χ0) is 22.8. The zero-order valence-corrected chi connectivity index (χ0v) is 19.2. The second-order valence-electron chi connectivity index (χ2n) is 8.50. The number of nitrogens with zero attached hydrogens (tertiary/aromatic N) is 5. The Morgan fingerprint density at radius 2 is 2.15 bits per heavy atom. The van der Waals surface area contributed by atoms with Crippen molar-refractivity contribution in [3.05, 3.63) is 57.9 Å². The lowest BCUT2D eigenvalue weighted by Gasteiger charge is -2.31. The fraction of sp³-hybridized carbons (Fsp3) is 0.435. The van der Waals surface area contributed by atoms with Crippen molar-refractivity contribution in [3.63, 3.8) is 0 Å². The van der Waals surface area contributed by atoms with E-state index < -0.39 is 0 Å². The molecule has 172 valence electrons. The van der Waals surface area contributed by atoms with Crippen LogP contribution in [0.2, 0.25) is 0 Å². The minimum absolute atomic E-state index is 0.0388. The van der Waals surface area contributed by atoms with E-state index in [0.29, 0.717) is 35.6 Å². The number of nitro benzene ring substituents is 1. The van der Waals surface area contributed by atoms with Crippen LogP contribution in [0, 0.1) is 16.0 Å². The van der Waals surface area contributed by atoms with E-state index >= 15 is 0 Å². The van der Waals surface area contributed by atoms with Crippen LogP contribution in [-0.2, 0) is 17.1 Å². The van der Waals surface area contributed by atoms with Gasteiger partial charge < -0.3 is 9.47 Å². The van der Waals surface area contributed by atoms with Gasteiger partial charge in [-0.3, -0.25) is 19.7 Å². The normalized spacial score (nSPS) is 20.2. The van der Waals surface area contributed by atoms with E-state index in [0.717, 1.165) is 28.5 Å². The molecule has 3 aromatic rings. The maximum Gasteiger partial charge on any atom is 0.270 e. The third-order valence-electron chi connectivity index (χ3n) is 6.32. The molecule has 1 aliphatic carbocycles. The SMILES string of the molecule is C[C@H]1CCCC[C@@H]1n1c(SCc2cc([N+](=O)[O-])cc3c2OCOC3)nnc1-c1cccnc1. The van der Waals surface area contributed by atoms with Gasteiger partial charge in [0.25, 0.3) is 5.69 Å². The molecular weight excluding hydrogens is 442 g/mol. The fourth-order valence-corrected chi connectivity index (χ4v) is 5.64. The van der Waals surface area contributed by atoms with Crippen molar-refractivity contribution in [2.75, 3.05) is 6.79 Å². The van der Waals surface area contributed by atoms with E-state index in [1.807, 2.05) is 18.3 Å². The van der Waals surface area contributed by atoms with Gasteiger partial charge in [-0.2, -0.15) is 0 Å². The molecule has 9 nitrogen and oxygen atoms in total. The lowest BCUT2D eigenvalue weighted by Crippen LogP contribution is -2.22. The number of hydrogen-bond acceptors (Lipinski definition) is 8. The van der Waals surface area contributed by atoms with Crippen molar-refractivity contribution in [2.24, 2.45) is 5.92 Å². The smallest absolute Gasteiger partial charge is 0.270 e. The maximum atomic E-state index is 11.5. The highest BCUT2D eigenvalue weighted by atomic mass is 32.2.